The van der Waals surface area contributed by atoms with Crippen molar-refractivity contribution in [2.24, 2.45) is 0 Å². The first kappa shape index (κ1) is 15.9. The van der Waals surface area contributed by atoms with Gasteiger partial charge in [-0.15, -0.1) is 0 Å². The minimum Gasteiger partial charge on any atom is -0.503 e. The van der Waals surface area contributed by atoms with E-state index in [2.05, 4.69) is 9.80 Å². The molecule has 0 aliphatic heterocycles. The highest BCUT2D eigenvalue weighted by Gasteiger charge is 2.11. The van der Waals surface area contributed by atoms with Gasteiger partial charge in [-0.2, -0.15) is 0 Å². The van der Waals surface area contributed by atoms with Crippen LogP contribution in [0.1, 0.15) is 18.9 Å². The summed E-state index contributed by atoms with van der Waals surface area (Å²) in [5, 5.41) is 9.06. The Hall–Kier alpha value is -1.20. The lowest BCUT2D eigenvalue weighted by atomic mass is 10.2. The Balaban J connectivity index is 2.60. The number of hydrogen-bond acceptors (Lipinski definition) is 3. The van der Waals surface area contributed by atoms with Crippen LogP contribution in [-0.4, -0.2) is 48.6 Å². The number of nitrogens with zero attached hydrogens (tertiary/aromatic N) is 2. The summed E-state index contributed by atoms with van der Waals surface area (Å²) in [6, 6.07) is 2.38. The summed E-state index contributed by atoms with van der Waals surface area (Å²) >= 11 is 0. The lowest BCUT2D eigenvalue weighted by molar-refractivity contribution is 0.258. The van der Waals surface area contributed by atoms with Crippen LogP contribution in [0.25, 0.3) is 0 Å². The summed E-state index contributed by atoms with van der Waals surface area (Å²) in [5.74, 6) is -2.71. The van der Waals surface area contributed by atoms with Crippen molar-refractivity contribution < 1.29 is 13.9 Å². The van der Waals surface area contributed by atoms with E-state index in [1.54, 1.807) is 0 Å². The predicted molar refractivity (Wildman–Crippen MR) is 72.1 cm³/mol. The molecule has 0 amide bonds. The molecule has 0 unspecified atom stereocenters. The smallest absolute Gasteiger partial charge is 0.187 e. The second-order valence-corrected chi connectivity index (χ2v) is 4.93. The zero-order chi connectivity index (χ0) is 14.4. The molecule has 1 aromatic rings. The minimum atomic E-state index is -0.903. The second kappa shape index (κ2) is 7.40. The van der Waals surface area contributed by atoms with Gasteiger partial charge < -0.3 is 10.0 Å². The van der Waals surface area contributed by atoms with E-state index in [0.29, 0.717) is 12.1 Å². The van der Waals surface area contributed by atoms with Gasteiger partial charge in [0.05, 0.1) is 0 Å². The molecule has 0 fully saturated rings. The molecule has 0 saturated carbocycles. The fourth-order valence-corrected chi connectivity index (χ4v) is 1.93. The molecule has 0 spiro atoms. The third-order valence-corrected chi connectivity index (χ3v) is 3.01. The van der Waals surface area contributed by atoms with Crippen molar-refractivity contribution in [3.8, 4) is 5.75 Å². The summed E-state index contributed by atoms with van der Waals surface area (Å²) in [4.78, 5) is 4.22. The van der Waals surface area contributed by atoms with Crippen molar-refractivity contribution in [3.63, 3.8) is 0 Å². The van der Waals surface area contributed by atoms with Crippen molar-refractivity contribution in [2.45, 2.75) is 19.9 Å². The van der Waals surface area contributed by atoms with Gasteiger partial charge in [-0.25, -0.2) is 8.78 Å². The summed E-state index contributed by atoms with van der Waals surface area (Å²) in [6.07, 6.45) is 1.00. The molecule has 1 rings (SSSR count). The van der Waals surface area contributed by atoms with Gasteiger partial charge in [-0.05, 0) is 57.8 Å². The van der Waals surface area contributed by atoms with E-state index in [-0.39, 0.29) is 0 Å². The average molecular weight is 272 g/mol. The van der Waals surface area contributed by atoms with Crippen molar-refractivity contribution in [3.05, 3.63) is 29.3 Å². The maximum Gasteiger partial charge on any atom is 0.187 e. The van der Waals surface area contributed by atoms with E-state index in [4.69, 9.17) is 5.11 Å². The highest BCUT2D eigenvalue weighted by molar-refractivity contribution is 5.29. The van der Waals surface area contributed by atoms with Crippen molar-refractivity contribution in [2.75, 3.05) is 33.7 Å². The molecule has 0 aromatic heterocycles. The van der Waals surface area contributed by atoms with E-state index in [1.807, 2.05) is 21.0 Å². The standard InChI is InChI=1S/C14H22F2N2O/c1-4-18(7-5-6-17(2)3)10-11-8-12(15)14(19)13(16)9-11/h8-9,19H,4-7,10H2,1-3H3. The third-order valence-electron chi connectivity index (χ3n) is 3.01. The topological polar surface area (TPSA) is 26.7 Å². The largest absolute Gasteiger partial charge is 0.503 e. The van der Waals surface area contributed by atoms with E-state index >= 15 is 0 Å². The molecule has 1 aromatic carbocycles. The number of phenolic OH excluding ortho intramolecular Hbond substituents is 1. The Kier molecular flexibility index (Phi) is 6.18. The number of benzene rings is 1. The molecule has 0 bridgehead atoms. The van der Waals surface area contributed by atoms with Gasteiger partial charge in [-0.1, -0.05) is 6.92 Å². The first-order valence-corrected chi connectivity index (χ1v) is 6.48. The van der Waals surface area contributed by atoms with Crippen LogP contribution >= 0.6 is 0 Å². The number of hydrogen-bond donors (Lipinski definition) is 1. The van der Waals surface area contributed by atoms with E-state index < -0.39 is 17.4 Å². The lowest BCUT2D eigenvalue weighted by Gasteiger charge is -2.21. The van der Waals surface area contributed by atoms with Crippen LogP contribution in [-0.2, 0) is 6.54 Å². The van der Waals surface area contributed by atoms with E-state index in [0.717, 1.165) is 26.1 Å². The highest BCUT2D eigenvalue weighted by Crippen LogP contribution is 2.22. The maximum absolute atomic E-state index is 13.2. The fraction of sp³-hybridized carbons (Fsp3) is 0.571. The van der Waals surface area contributed by atoms with E-state index in [1.165, 1.54) is 12.1 Å². The van der Waals surface area contributed by atoms with Gasteiger partial charge in [-0.3, -0.25) is 4.90 Å². The third kappa shape index (κ3) is 5.12. The quantitative estimate of drug-likeness (QED) is 0.826. The second-order valence-electron chi connectivity index (χ2n) is 4.93. The van der Waals surface area contributed by atoms with Crippen LogP contribution in [0.15, 0.2) is 12.1 Å². The predicted octanol–water partition coefficient (Wildman–Crippen LogP) is 2.44. The van der Waals surface area contributed by atoms with Gasteiger partial charge in [0.15, 0.2) is 17.4 Å². The molecule has 0 atom stereocenters. The zero-order valence-electron chi connectivity index (χ0n) is 11.8. The maximum atomic E-state index is 13.2. The summed E-state index contributed by atoms with van der Waals surface area (Å²) in [6.45, 7) is 5.17. The molecule has 0 saturated heterocycles. The molecule has 19 heavy (non-hydrogen) atoms. The molecule has 3 nitrogen and oxygen atoms in total. The van der Waals surface area contributed by atoms with Gasteiger partial charge in [0.2, 0.25) is 0 Å². The normalized spacial score (nSPS) is 11.5. The Labute approximate surface area is 113 Å². The molecule has 0 heterocycles. The van der Waals surface area contributed by atoms with Crippen LogP contribution < -0.4 is 0 Å². The fourth-order valence-electron chi connectivity index (χ4n) is 1.93. The number of phenols is 1. The van der Waals surface area contributed by atoms with Crippen molar-refractivity contribution >= 4 is 0 Å². The Morgan fingerprint density at radius 1 is 1.11 bits per heavy atom. The molecule has 108 valence electrons. The van der Waals surface area contributed by atoms with E-state index in [9.17, 15) is 8.78 Å². The van der Waals surface area contributed by atoms with Crippen molar-refractivity contribution in [1.29, 1.82) is 0 Å². The highest BCUT2D eigenvalue weighted by atomic mass is 19.1. The van der Waals surface area contributed by atoms with Gasteiger partial charge in [0.25, 0.3) is 0 Å². The first-order valence-electron chi connectivity index (χ1n) is 6.48. The number of aromatic hydroxyl groups is 1. The molecule has 5 heteroatoms. The first-order chi connectivity index (χ1) is 8.93. The Morgan fingerprint density at radius 3 is 2.16 bits per heavy atom. The van der Waals surface area contributed by atoms with Crippen molar-refractivity contribution in [1.82, 2.24) is 9.80 Å². The number of halogens is 2. The summed E-state index contributed by atoms with van der Waals surface area (Å²) in [7, 11) is 4.03. The minimum absolute atomic E-state index is 0.484. The molecular formula is C14H22F2N2O. The molecule has 0 radical (unpaired) electrons. The van der Waals surface area contributed by atoms with Gasteiger partial charge >= 0.3 is 0 Å². The van der Waals surface area contributed by atoms with Crippen LogP contribution in [0.2, 0.25) is 0 Å². The van der Waals surface area contributed by atoms with Crippen LogP contribution in [0.5, 0.6) is 5.75 Å². The molecule has 0 aliphatic carbocycles. The Morgan fingerprint density at radius 2 is 1.68 bits per heavy atom. The summed E-state index contributed by atoms with van der Waals surface area (Å²) < 4.78 is 26.5. The lowest BCUT2D eigenvalue weighted by Crippen LogP contribution is -2.27. The molecular weight excluding hydrogens is 250 g/mol. The summed E-state index contributed by atoms with van der Waals surface area (Å²) in [5.41, 5.74) is 0.541. The molecule has 1 N–H and O–H groups in total. The molecule has 0 aliphatic rings. The van der Waals surface area contributed by atoms with Crippen LogP contribution in [0.3, 0.4) is 0 Å². The van der Waals surface area contributed by atoms with Gasteiger partial charge in [0, 0.05) is 6.54 Å². The average Bonchev–Trinajstić information content (AvgIpc) is 2.34. The SMILES string of the molecule is CCN(CCCN(C)C)Cc1cc(F)c(O)c(F)c1. The number of rotatable bonds is 7. The zero-order valence-corrected chi connectivity index (χ0v) is 11.8. The monoisotopic (exact) mass is 272 g/mol. The van der Waals surface area contributed by atoms with Crippen LogP contribution in [0, 0.1) is 11.6 Å². The van der Waals surface area contributed by atoms with Crippen LogP contribution in [0.4, 0.5) is 8.78 Å². The van der Waals surface area contributed by atoms with Gasteiger partial charge in [0.1, 0.15) is 0 Å². The Bertz CT molecular complexity index is 387.